The SMILES string of the molecule is CCCCCCCCCCC([O-])=NCCCCS(=O)(=O)O.[K+]. The third kappa shape index (κ3) is 21.0. The van der Waals surface area contributed by atoms with E-state index in [0.717, 1.165) is 12.8 Å². The Morgan fingerprint density at radius 1 is 0.955 bits per heavy atom. The monoisotopic (exact) mass is 359 g/mol. The van der Waals surface area contributed by atoms with Gasteiger partial charge in [0, 0.05) is 6.54 Å². The summed E-state index contributed by atoms with van der Waals surface area (Å²) in [6.45, 7) is 2.56. The van der Waals surface area contributed by atoms with Gasteiger partial charge >= 0.3 is 51.4 Å². The number of rotatable bonds is 14. The zero-order chi connectivity index (χ0) is 16.0. The van der Waals surface area contributed by atoms with E-state index in [1.54, 1.807) is 0 Å². The van der Waals surface area contributed by atoms with Crippen molar-refractivity contribution in [3.8, 4) is 0 Å². The summed E-state index contributed by atoms with van der Waals surface area (Å²) >= 11 is 0. The van der Waals surface area contributed by atoms with Crippen molar-refractivity contribution in [2.24, 2.45) is 4.99 Å². The van der Waals surface area contributed by atoms with Crippen LogP contribution >= 0.6 is 0 Å². The second-order valence-corrected chi connectivity index (χ2v) is 7.07. The summed E-state index contributed by atoms with van der Waals surface area (Å²) in [5, 5.41) is 11.4. The molecular formula is C15H30KNO4S. The molecule has 1 N–H and O–H groups in total. The summed E-state index contributed by atoms with van der Waals surface area (Å²) in [6, 6.07) is 0. The fourth-order valence-electron chi connectivity index (χ4n) is 2.09. The Morgan fingerprint density at radius 2 is 1.50 bits per heavy atom. The van der Waals surface area contributed by atoms with Crippen molar-refractivity contribution in [1.82, 2.24) is 0 Å². The van der Waals surface area contributed by atoms with Gasteiger partial charge in [0.25, 0.3) is 10.1 Å². The molecule has 5 nitrogen and oxygen atoms in total. The van der Waals surface area contributed by atoms with Crippen LogP contribution in [0.5, 0.6) is 0 Å². The fourth-order valence-corrected chi connectivity index (χ4v) is 2.66. The van der Waals surface area contributed by atoms with Crippen molar-refractivity contribution in [3.63, 3.8) is 0 Å². The second kappa shape index (κ2) is 16.9. The van der Waals surface area contributed by atoms with Gasteiger partial charge in [0.2, 0.25) is 0 Å². The fraction of sp³-hybridized carbons (Fsp3) is 0.933. The Hall–Kier alpha value is 1.02. The van der Waals surface area contributed by atoms with E-state index in [1.165, 1.54) is 38.5 Å². The van der Waals surface area contributed by atoms with Crippen LogP contribution in [-0.2, 0) is 10.1 Å². The van der Waals surface area contributed by atoms with E-state index in [4.69, 9.17) is 4.55 Å². The molecule has 0 unspecified atom stereocenters. The maximum Gasteiger partial charge on any atom is 1.00 e. The van der Waals surface area contributed by atoms with E-state index in [2.05, 4.69) is 11.9 Å². The Bertz CT molecular complexity index is 372. The van der Waals surface area contributed by atoms with Gasteiger partial charge in [0.05, 0.1) is 5.75 Å². The summed E-state index contributed by atoms with van der Waals surface area (Å²) in [6.07, 6.45) is 10.9. The van der Waals surface area contributed by atoms with Crippen LogP contribution in [0.25, 0.3) is 0 Å². The van der Waals surface area contributed by atoms with Crippen molar-refractivity contribution in [1.29, 1.82) is 0 Å². The van der Waals surface area contributed by atoms with Crippen LogP contribution in [0.3, 0.4) is 0 Å². The number of unbranched alkanes of at least 4 members (excludes halogenated alkanes) is 8. The zero-order valence-corrected chi connectivity index (χ0v) is 18.2. The largest absolute Gasteiger partial charge is 1.00 e. The predicted molar refractivity (Wildman–Crippen MR) is 85.2 cm³/mol. The number of aliphatic imine (C=N–C) groups is 1. The Balaban J connectivity index is 0. The first-order chi connectivity index (χ1) is 9.95. The minimum atomic E-state index is -3.88. The summed E-state index contributed by atoms with van der Waals surface area (Å²) in [7, 11) is -3.88. The topological polar surface area (TPSA) is 89.8 Å². The van der Waals surface area contributed by atoms with Crippen molar-refractivity contribution in [2.45, 2.75) is 77.6 Å². The van der Waals surface area contributed by atoms with Gasteiger partial charge in [-0.2, -0.15) is 8.42 Å². The molecule has 0 spiro atoms. The molecule has 0 aliphatic carbocycles. The molecular weight excluding hydrogens is 329 g/mol. The Kier molecular flexibility index (Phi) is 19.4. The molecule has 0 rings (SSSR count). The molecule has 0 fully saturated rings. The molecule has 0 saturated carbocycles. The zero-order valence-electron chi connectivity index (χ0n) is 14.2. The standard InChI is InChI=1S/C15H31NO4S.K/c1-2-3-4-5-6-7-8-9-12-15(17)16-13-10-11-14-21(18,19)20;/h2-14H2,1H3,(H,16,17)(H,18,19,20);/q;+1/p-1. The van der Waals surface area contributed by atoms with Crippen LogP contribution in [0.4, 0.5) is 0 Å². The van der Waals surface area contributed by atoms with Crippen LogP contribution < -0.4 is 56.5 Å². The molecule has 0 amide bonds. The molecule has 0 aliphatic heterocycles. The first-order valence-corrected chi connectivity index (χ1v) is 9.72. The first-order valence-electron chi connectivity index (χ1n) is 8.11. The molecule has 0 aromatic heterocycles. The smallest absolute Gasteiger partial charge is 0.862 e. The van der Waals surface area contributed by atoms with Gasteiger partial charge in [-0.05, 0) is 31.6 Å². The van der Waals surface area contributed by atoms with Crippen LogP contribution in [0, 0.1) is 0 Å². The molecule has 0 atom stereocenters. The van der Waals surface area contributed by atoms with Gasteiger partial charge in [-0.3, -0.25) is 4.55 Å². The third-order valence-corrected chi connectivity index (χ3v) is 4.15. The first kappa shape index (κ1) is 25.3. The Morgan fingerprint density at radius 3 is 2.05 bits per heavy atom. The minimum absolute atomic E-state index is 0. The van der Waals surface area contributed by atoms with Crippen LogP contribution in [0.1, 0.15) is 77.6 Å². The van der Waals surface area contributed by atoms with Gasteiger partial charge in [-0.25, -0.2) is 0 Å². The van der Waals surface area contributed by atoms with Crippen LogP contribution in [-0.4, -0.2) is 31.2 Å². The van der Waals surface area contributed by atoms with Crippen LogP contribution in [0.15, 0.2) is 4.99 Å². The summed E-state index contributed by atoms with van der Waals surface area (Å²) in [4.78, 5) is 3.89. The predicted octanol–water partition coefficient (Wildman–Crippen LogP) is -0.0520. The van der Waals surface area contributed by atoms with E-state index < -0.39 is 10.1 Å². The third-order valence-electron chi connectivity index (χ3n) is 3.34. The molecule has 0 saturated heterocycles. The molecule has 7 heteroatoms. The summed E-state index contributed by atoms with van der Waals surface area (Å²) < 4.78 is 29.5. The summed E-state index contributed by atoms with van der Waals surface area (Å²) in [5.74, 6) is -0.345. The molecule has 0 bridgehead atoms. The second-order valence-electron chi connectivity index (χ2n) is 5.49. The maximum atomic E-state index is 11.4. The average Bonchev–Trinajstić information content (AvgIpc) is 2.40. The summed E-state index contributed by atoms with van der Waals surface area (Å²) in [5.41, 5.74) is 0. The number of nitrogens with zero attached hydrogens (tertiary/aromatic N) is 1. The van der Waals surface area contributed by atoms with E-state index >= 15 is 0 Å². The van der Waals surface area contributed by atoms with Crippen LogP contribution in [0.2, 0.25) is 0 Å². The molecule has 0 aliphatic rings. The molecule has 0 radical (unpaired) electrons. The number of hydrogen-bond acceptors (Lipinski definition) is 4. The van der Waals surface area contributed by atoms with Crippen molar-refractivity contribution >= 4 is 16.0 Å². The van der Waals surface area contributed by atoms with Gasteiger partial charge < -0.3 is 10.1 Å². The van der Waals surface area contributed by atoms with Crippen molar-refractivity contribution in [3.05, 3.63) is 0 Å². The van der Waals surface area contributed by atoms with Crippen molar-refractivity contribution < 1.29 is 69.5 Å². The minimum Gasteiger partial charge on any atom is -0.862 e. The van der Waals surface area contributed by atoms with Gasteiger partial charge in [-0.1, -0.05) is 51.9 Å². The quantitative estimate of drug-likeness (QED) is 0.155. The van der Waals surface area contributed by atoms with E-state index in [9.17, 15) is 13.5 Å². The average molecular weight is 360 g/mol. The van der Waals surface area contributed by atoms with E-state index in [-0.39, 0.29) is 63.0 Å². The molecule has 126 valence electrons. The Labute approximate surface area is 178 Å². The molecule has 0 aromatic rings. The van der Waals surface area contributed by atoms with Gasteiger partial charge in [0.15, 0.2) is 0 Å². The number of hydrogen-bond donors (Lipinski definition) is 1. The van der Waals surface area contributed by atoms with E-state index in [1.807, 2.05) is 0 Å². The van der Waals surface area contributed by atoms with Crippen molar-refractivity contribution in [2.75, 3.05) is 12.3 Å². The van der Waals surface area contributed by atoms with Gasteiger partial charge in [0.1, 0.15) is 0 Å². The molecule has 22 heavy (non-hydrogen) atoms. The molecule has 0 heterocycles. The van der Waals surface area contributed by atoms with E-state index in [0.29, 0.717) is 25.8 Å². The maximum absolute atomic E-state index is 11.4. The normalized spacial score (nSPS) is 12.2. The van der Waals surface area contributed by atoms with Gasteiger partial charge in [-0.15, -0.1) is 0 Å². The molecule has 0 aromatic carbocycles.